The lowest BCUT2D eigenvalue weighted by Crippen LogP contribution is -2.49. The van der Waals surface area contributed by atoms with Crippen LogP contribution in [-0.4, -0.2) is 63.6 Å². The number of carbonyl (C=O) groups is 3. The molecule has 2 rings (SSSR count). The SMILES string of the molecule is O=C1CCN(C(=O)NC(Cc2cnc[nH]2)C(=O)O)CCN1. The van der Waals surface area contributed by atoms with Crippen molar-refractivity contribution in [2.24, 2.45) is 0 Å². The van der Waals surface area contributed by atoms with Crippen molar-refractivity contribution in [2.45, 2.75) is 18.9 Å². The van der Waals surface area contributed by atoms with Crippen LogP contribution in [0.5, 0.6) is 0 Å². The summed E-state index contributed by atoms with van der Waals surface area (Å²) in [5.41, 5.74) is 0.621. The van der Waals surface area contributed by atoms with Gasteiger partial charge in [-0.3, -0.25) is 4.79 Å². The number of H-pyrrole nitrogens is 1. The number of aromatic nitrogens is 2. The number of hydrogen-bond acceptors (Lipinski definition) is 4. The van der Waals surface area contributed by atoms with Crippen molar-refractivity contribution >= 4 is 17.9 Å². The van der Waals surface area contributed by atoms with Crippen LogP contribution < -0.4 is 10.6 Å². The molecular weight excluding hydrogens is 278 g/mol. The van der Waals surface area contributed by atoms with Crippen molar-refractivity contribution in [1.82, 2.24) is 25.5 Å². The third-order valence-electron chi connectivity index (χ3n) is 3.17. The molecule has 1 aromatic heterocycles. The Kier molecular flexibility index (Phi) is 4.75. The Morgan fingerprint density at radius 2 is 2.29 bits per heavy atom. The van der Waals surface area contributed by atoms with Crippen LogP contribution in [-0.2, 0) is 16.0 Å². The number of carboxylic acids is 1. The van der Waals surface area contributed by atoms with Crippen molar-refractivity contribution in [3.05, 3.63) is 18.2 Å². The summed E-state index contributed by atoms with van der Waals surface area (Å²) < 4.78 is 0. The molecule has 1 saturated heterocycles. The van der Waals surface area contributed by atoms with E-state index in [0.29, 0.717) is 18.8 Å². The summed E-state index contributed by atoms with van der Waals surface area (Å²) in [6.07, 6.45) is 3.29. The number of carbonyl (C=O) groups excluding carboxylic acids is 2. The zero-order valence-corrected chi connectivity index (χ0v) is 11.3. The van der Waals surface area contributed by atoms with E-state index in [2.05, 4.69) is 20.6 Å². The standard InChI is InChI=1S/C12H17N5O4/c18-10-1-3-17(4-2-14-10)12(21)16-9(11(19)20)5-8-6-13-7-15-8/h6-7,9H,1-5H2,(H,13,15)(H,14,18)(H,16,21)(H,19,20). The van der Waals surface area contributed by atoms with E-state index >= 15 is 0 Å². The van der Waals surface area contributed by atoms with E-state index in [9.17, 15) is 19.5 Å². The topological polar surface area (TPSA) is 127 Å². The van der Waals surface area contributed by atoms with Gasteiger partial charge in [0.1, 0.15) is 6.04 Å². The molecule has 21 heavy (non-hydrogen) atoms. The van der Waals surface area contributed by atoms with E-state index in [1.165, 1.54) is 17.4 Å². The highest BCUT2D eigenvalue weighted by Gasteiger charge is 2.25. The molecule has 0 aromatic carbocycles. The van der Waals surface area contributed by atoms with Crippen LogP contribution in [0, 0.1) is 0 Å². The zero-order valence-electron chi connectivity index (χ0n) is 11.3. The minimum atomic E-state index is -1.12. The number of urea groups is 1. The van der Waals surface area contributed by atoms with Crippen LogP contribution >= 0.6 is 0 Å². The van der Waals surface area contributed by atoms with Gasteiger partial charge < -0.3 is 25.6 Å². The molecule has 1 aromatic rings. The molecule has 0 radical (unpaired) electrons. The Morgan fingerprint density at radius 1 is 1.48 bits per heavy atom. The maximum atomic E-state index is 12.1. The summed E-state index contributed by atoms with van der Waals surface area (Å²) in [5, 5.41) is 14.3. The minimum Gasteiger partial charge on any atom is -0.480 e. The molecule has 0 saturated carbocycles. The van der Waals surface area contributed by atoms with Crippen LogP contribution in [0.25, 0.3) is 0 Å². The van der Waals surface area contributed by atoms with Gasteiger partial charge in [-0.2, -0.15) is 0 Å². The molecule has 9 nitrogen and oxygen atoms in total. The number of rotatable bonds is 4. The summed E-state index contributed by atoms with van der Waals surface area (Å²) >= 11 is 0. The molecule has 0 aliphatic carbocycles. The lowest BCUT2D eigenvalue weighted by molar-refractivity contribution is -0.139. The van der Waals surface area contributed by atoms with Crippen LogP contribution in [0.4, 0.5) is 4.79 Å². The summed E-state index contributed by atoms with van der Waals surface area (Å²) in [5.74, 6) is -1.24. The largest absolute Gasteiger partial charge is 0.480 e. The van der Waals surface area contributed by atoms with Crippen molar-refractivity contribution in [1.29, 1.82) is 0 Å². The third-order valence-corrected chi connectivity index (χ3v) is 3.17. The van der Waals surface area contributed by atoms with Gasteiger partial charge in [0.2, 0.25) is 5.91 Å². The average molecular weight is 295 g/mol. The van der Waals surface area contributed by atoms with Gasteiger partial charge in [0, 0.05) is 44.4 Å². The highest BCUT2D eigenvalue weighted by molar-refractivity contribution is 5.83. The normalized spacial score (nSPS) is 16.8. The van der Waals surface area contributed by atoms with Gasteiger partial charge in [0.25, 0.3) is 0 Å². The van der Waals surface area contributed by atoms with Gasteiger partial charge in [-0.05, 0) is 0 Å². The maximum absolute atomic E-state index is 12.1. The number of aromatic amines is 1. The summed E-state index contributed by atoms with van der Waals surface area (Å²) in [6, 6.07) is -1.54. The van der Waals surface area contributed by atoms with Crippen molar-refractivity contribution < 1.29 is 19.5 Å². The van der Waals surface area contributed by atoms with Crippen LogP contribution in [0.15, 0.2) is 12.5 Å². The van der Waals surface area contributed by atoms with E-state index < -0.39 is 18.0 Å². The molecule has 4 N–H and O–H groups in total. The zero-order chi connectivity index (χ0) is 15.2. The Morgan fingerprint density at radius 3 is 2.95 bits per heavy atom. The summed E-state index contributed by atoms with van der Waals surface area (Å²) in [4.78, 5) is 42.6. The number of carboxylic acid groups (broad SMARTS) is 1. The average Bonchev–Trinajstić information content (AvgIpc) is 2.85. The Balaban J connectivity index is 1.94. The van der Waals surface area contributed by atoms with Gasteiger partial charge in [0.05, 0.1) is 6.33 Å². The lowest BCUT2D eigenvalue weighted by atomic mass is 10.1. The molecule has 0 bridgehead atoms. The number of aliphatic carboxylic acids is 1. The third kappa shape index (κ3) is 4.20. The van der Waals surface area contributed by atoms with Gasteiger partial charge in [-0.15, -0.1) is 0 Å². The first-order chi connectivity index (χ1) is 10.1. The molecule has 0 spiro atoms. The molecular formula is C12H17N5O4. The van der Waals surface area contributed by atoms with Gasteiger partial charge in [-0.25, -0.2) is 14.6 Å². The summed E-state index contributed by atoms with van der Waals surface area (Å²) in [6.45, 7) is 0.993. The van der Waals surface area contributed by atoms with Crippen molar-refractivity contribution in [3.8, 4) is 0 Å². The Bertz CT molecular complexity index is 516. The maximum Gasteiger partial charge on any atom is 0.326 e. The molecule has 114 valence electrons. The second kappa shape index (κ2) is 6.73. The minimum absolute atomic E-state index is 0.113. The van der Waals surface area contributed by atoms with E-state index in [-0.39, 0.29) is 25.3 Å². The summed E-state index contributed by atoms with van der Waals surface area (Å²) in [7, 11) is 0. The first-order valence-corrected chi connectivity index (χ1v) is 6.58. The fraction of sp³-hybridized carbons (Fsp3) is 0.500. The van der Waals surface area contributed by atoms with Crippen LogP contribution in [0.3, 0.4) is 0 Å². The van der Waals surface area contributed by atoms with E-state index in [1.54, 1.807) is 0 Å². The smallest absolute Gasteiger partial charge is 0.326 e. The molecule has 1 atom stereocenters. The monoisotopic (exact) mass is 295 g/mol. The van der Waals surface area contributed by atoms with Crippen molar-refractivity contribution in [2.75, 3.05) is 19.6 Å². The molecule has 3 amide bonds. The number of amides is 3. The molecule has 1 aliphatic rings. The van der Waals surface area contributed by atoms with Crippen LogP contribution in [0.1, 0.15) is 12.1 Å². The first kappa shape index (κ1) is 14.8. The number of nitrogens with zero attached hydrogens (tertiary/aromatic N) is 2. The predicted octanol–water partition coefficient (Wildman–Crippen LogP) is -1.06. The Labute approximate surface area is 120 Å². The molecule has 1 aliphatic heterocycles. The van der Waals surface area contributed by atoms with E-state index in [0.717, 1.165) is 0 Å². The quantitative estimate of drug-likeness (QED) is 0.563. The first-order valence-electron chi connectivity index (χ1n) is 6.58. The molecule has 1 fully saturated rings. The fourth-order valence-electron chi connectivity index (χ4n) is 2.03. The predicted molar refractivity (Wildman–Crippen MR) is 71.4 cm³/mol. The fourth-order valence-corrected chi connectivity index (χ4v) is 2.03. The van der Waals surface area contributed by atoms with Gasteiger partial charge in [-0.1, -0.05) is 0 Å². The highest BCUT2D eigenvalue weighted by atomic mass is 16.4. The second-order valence-corrected chi connectivity index (χ2v) is 4.71. The van der Waals surface area contributed by atoms with Crippen molar-refractivity contribution in [3.63, 3.8) is 0 Å². The second-order valence-electron chi connectivity index (χ2n) is 4.71. The highest BCUT2D eigenvalue weighted by Crippen LogP contribution is 2.02. The number of hydrogen-bond donors (Lipinski definition) is 4. The molecule has 2 heterocycles. The number of nitrogens with one attached hydrogen (secondary N) is 3. The van der Waals surface area contributed by atoms with E-state index in [1.807, 2.05) is 0 Å². The van der Waals surface area contributed by atoms with Crippen LogP contribution in [0.2, 0.25) is 0 Å². The van der Waals surface area contributed by atoms with Gasteiger partial charge in [0.15, 0.2) is 0 Å². The number of imidazole rings is 1. The van der Waals surface area contributed by atoms with Gasteiger partial charge >= 0.3 is 12.0 Å². The Hall–Kier alpha value is -2.58. The molecule has 9 heteroatoms. The molecule has 1 unspecified atom stereocenters. The van der Waals surface area contributed by atoms with E-state index in [4.69, 9.17) is 0 Å². The lowest BCUT2D eigenvalue weighted by Gasteiger charge is -2.22.